The fourth-order valence-electron chi connectivity index (χ4n) is 3.21. The summed E-state index contributed by atoms with van der Waals surface area (Å²) in [5.41, 5.74) is 0.0563. The Morgan fingerprint density at radius 3 is 2.76 bits per heavy atom. The molecule has 0 saturated carbocycles. The van der Waals surface area contributed by atoms with Gasteiger partial charge in [-0.2, -0.15) is 4.98 Å². The lowest BCUT2D eigenvalue weighted by Crippen LogP contribution is -2.34. The van der Waals surface area contributed by atoms with Crippen LogP contribution in [0.15, 0.2) is 4.52 Å². The second-order valence-electron chi connectivity index (χ2n) is 7.08. The first-order valence-electron chi connectivity index (χ1n) is 7.67. The van der Waals surface area contributed by atoms with E-state index < -0.39 is 0 Å². The quantitative estimate of drug-likeness (QED) is 0.902. The summed E-state index contributed by atoms with van der Waals surface area (Å²) >= 11 is 0. The van der Waals surface area contributed by atoms with Crippen LogP contribution in [-0.2, 0) is 9.53 Å². The van der Waals surface area contributed by atoms with Crippen molar-refractivity contribution >= 4 is 5.91 Å². The second-order valence-corrected chi connectivity index (χ2v) is 7.08. The highest BCUT2D eigenvalue weighted by Gasteiger charge is 2.41. The first-order chi connectivity index (χ1) is 9.95. The van der Waals surface area contributed by atoms with Crippen molar-refractivity contribution in [3.63, 3.8) is 0 Å². The van der Waals surface area contributed by atoms with Gasteiger partial charge in [0.25, 0.3) is 0 Å². The number of rotatable bonds is 2. The predicted molar refractivity (Wildman–Crippen MR) is 75.8 cm³/mol. The molecule has 1 N–H and O–H groups in total. The number of nitrogens with one attached hydrogen (secondary N) is 1. The average molecular weight is 293 g/mol. The monoisotopic (exact) mass is 293 g/mol. The topological polar surface area (TPSA) is 77.2 Å². The lowest BCUT2D eigenvalue weighted by molar-refractivity contribution is -0.122. The Morgan fingerprint density at radius 2 is 2.10 bits per heavy atom. The number of hydrogen-bond donors (Lipinski definition) is 1. The van der Waals surface area contributed by atoms with Gasteiger partial charge in [0.2, 0.25) is 11.8 Å². The highest BCUT2D eigenvalue weighted by molar-refractivity contribution is 5.76. The fourth-order valence-corrected chi connectivity index (χ4v) is 3.21. The molecule has 2 aliphatic heterocycles. The van der Waals surface area contributed by atoms with Crippen molar-refractivity contribution in [3.8, 4) is 0 Å². The van der Waals surface area contributed by atoms with Gasteiger partial charge in [-0.25, -0.2) is 0 Å². The maximum atomic E-state index is 11.2. The molecular formula is C15H23N3O3. The fraction of sp³-hybridized carbons (Fsp3) is 0.800. The van der Waals surface area contributed by atoms with E-state index in [4.69, 9.17) is 9.26 Å². The Balaban J connectivity index is 1.74. The number of aromatic nitrogens is 2. The van der Waals surface area contributed by atoms with Gasteiger partial charge in [-0.15, -0.1) is 0 Å². The molecule has 3 rings (SSSR count). The average Bonchev–Trinajstić information content (AvgIpc) is 3.07. The molecule has 1 amide bonds. The van der Waals surface area contributed by atoms with Gasteiger partial charge in [0.15, 0.2) is 5.82 Å². The molecule has 2 fully saturated rings. The smallest absolute Gasteiger partial charge is 0.231 e. The van der Waals surface area contributed by atoms with E-state index in [0.29, 0.717) is 18.9 Å². The molecular weight excluding hydrogens is 270 g/mol. The molecule has 0 aromatic carbocycles. The van der Waals surface area contributed by atoms with E-state index in [1.54, 1.807) is 0 Å². The largest absolute Gasteiger partial charge is 0.377 e. The Hall–Kier alpha value is -1.43. The summed E-state index contributed by atoms with van der Waals surface area (Å²) in [5.74, 6) is 1.83. The van der Waals surface area contributed by atoms with E-state index >= 15 is 0 Å². The Labute approximate surface area is 124 Å². The molecule has 2 saturated heterocycles. The normalized spacial score (nSPS) is 30.4. The van der Waals surface area contributed by atoms with Crippen molar-refractivity contribution in [2.45, 2.75) is 58.0 Å². The van der Waals surface area contributed by atoms with Gasteiger partial charge in [-0.05, 0) is 18.3 Å². The minimum absolute atomic E-state index is 0.0563. The van der Waals surface area contributed by atoms with Gasteiger partial charge in [0, 0.05) is 19.6 Å². The third-order valence-electron chi connectivity index (χ3n) is 4.35. The molecule has 2 aliphatic rings. The number of piperidine rings is 1. The van der Waals surface area contributed by atoms with E-state index in [-0.39, 0.29) is 29.3 Å². The summed E-state index contributed by atoms with van der Waals surface area (Å²) in [6.45, 7) is 7.86. The number of hydrogen-bond acceptors (Lipinski definition) is 5. The number of ether oxygens (including phenoxy) is 1. The number of carbonyl (C=O) groups excluding carboxylic acids is 1. The zero-order valence-corrected chi connectivity index (χ0v) is 12.9. The SMILES string of the molecule is CC(C)(C)[C@H]1OCC[C@@H]1c1noc(C2CCC(=O)NC2)n1. The minimum atomic E-state index is 0.0563. The first-order valence-corrected chi connectivity index (χ1v) is 7.67. The van der Waals surface area contributed by atoms with E-state index in [1.807, 2.05) is 0 Å². The van der Waals surface area contributed by atoms with Gasteiger partial charge in [-0.3, -0.25) is 4.79 Å². The van der Waals surface area contributed by atoms with E-state index in [0.717, 1.165) is 25.3 Å². The number of amides is 1. The summed E-state index contributed by atoms with van der Waals surface area (Å²) in [6.07, 6.45) is 2.35. The molecule has 6 heteroatoms. The second kappa shape index (κ2) is 5.40. The van der Waals surface area contributed by atoms with Crippen molar-refractivity contribution < 1.29 is 14.1 Å². The van der Waals surface area contributed by atoms with Gasteiger partial charge in [-0.1, -0.05) is 25.9 Å². The third kappa shape index (κ3) is 2.95. The highest BCUT2D eigenvalue weighted by atomic mass is 16.5. The molecule has 21 heavy (non-hydrogen) atoms. The third-order valence-corrected chi connectivity index (χ3v) is 4.35. The van der Waals surface area contributed by atoms with Crippen LogP contribution in [0.2, 0.25) is 0 Å². The number of carbonyl (C=O) groups is 1. The predicted octanol–water partition coefficient (Wildman–Crippen LogP) is 1.98. The van der Waals surface area contributed by atoms with Crippen LogP contribution in [0.25, 0.3) is 0 Å². The Bertz CT molecular complexity index is 510. The zero-order valence-electron chi connectivity index (χ0n) is 12.9. The summed E-state index contributed by atoms with van der Waals surface area (Å²) in [6, 6.07) is 0. The maximum Gasteiger partial charge on any atom is 0.231 e. The summed E-state index contributed by atoms with van der Waals surface area (Å²) in [4.78, 5) is 15.8. The van der Waals surface area contributed by atoms with Crippen LogP contribution in [0.5, 0.6) is 0 Å². The van der Waals surface area contributed by atoms with Crippen LogP contribution in [0.1, 0.15) is 63.6 Å². The molecule has 0 radical (unpaired) electrons. The van der Waals surface area contributed by atoms with Crippen molar-refractivity contribution in [2.75, 3.05) is 13.2 Å². The van der Waals surface area contributed by atoms with Crippen LogP contribution < -0.4 is 5.32 Å². The van der Waals surface area contributed by atoms with Gasteiger partial charge in [0.05, 0.1) is 17.9 Å². The molecule has 3 heterocycles. The summed E-state index contributed by atoms with van der Waals surface area (Å²) < 4.78 is 11.3. The van der Waals surface area contributed by atoms with E-state index in [9.17, 15) is 4.79 Å². The molecule has 1 aromatic heterocycles. The molecule has 0 bridgehead atoms. The summed E-state index contributed by atoms with van der Waals surface area (Å²) in [7, 11) is 0. The lowest BCUT2D eigenvalue weighted by atomic mass is 9.81. The van der Waals surface area contributed by atoms with Gasteiger partial charge >= 0.3 is 0 Å². The molecule has 6 nitrogen and oxygen atoms in total. The van der Waals surface area contributed by atoms with Crippen LogP contribution in [-0.4, -0.2) is 35.3 Å². The van der Waals surface area contributed by atoms with Crippen molar-refractivity contribution in [2.24, 2.45) is 5.41 Å². The minimum Gasteiger partial charge on any atom is -0.377 e. The van der Waals surface area contributed by atoms with E-state index in [1.165, 1.54) is 0 Å². The maximum absolute atomic E-state index is 11.2. The van der Waals surface area contributed by atoms with Gasteiger partial charge < -0.3 is 14.6 Å². The first kappa shape index (κ1) is 14.5. The van der Waals surface area contributed by atoms with Gasteiger partial charge in [0.1, 0.15) is 0 Å². The Morgan fingerprint density at radius 1 is 1.29 bits per heavy atom. The lowest BCUT2D eigenvalue weighted by Gasteiger charge is -2.29. The molecule has 3 atom stereocenters. The highest BCUT2D eigenvalue weighted by Crippen LogP contribution is 2.40. The molecule has 1 aromatic rings. The molecule has 0 spiro atoms. The zero-order chi connectivity index (χ0) is 15.0. The summed E-state index contributed by atoms with van der Waals surface area (Å²) in [5, 5.41) is 7.03. The van der Waals surface area contributed by atoms with E-state index in [2.05, 4.69) is 36.2 Å². The van der Waals surface area contributed by atoms with Crippen LogP contribution in [0, 0.1) is 5.41 Å². The molecule has 1 unspecified atom stereocenters. The van der Waals surface area contributed by atoms with Crippen LogP contribution >= 0.6 is 0 Å². The molecule has 0 aliphatic carbocycles. The van der Waals surface area contributed by atoms with Crippen molar-refractivity contribution in [1.82, 2.24) is 15.5 Å². The van der Waals surface area contributed by atoms with Crippen LogP contribution in [0.3, 0.4) is 0 Å². The standard InChI is InChI=1S/C15H23N3O3/c1-15(2,3)12-10(6-7-20-12)13-17-14(21-18-13)9-4-5-11(19)16-8-9/h9-10,12H,4-8H2,1-3H3,(H,16,19)/t9?,10-,12-/m0/s1. The van der Waals surface area contributed by atoms with Crippen LogP contribution in [0.4, 0.5) is 0 Å². The number of nitrogens with zero attached hydrogens (tertiary/aromatic N) is 2. The van der Waals surface area contributed by atoms with Crippen molar-refractivity contribution in [3.05, 3.63) is 11.7 Å². The molecule has 116 valence electrons. The Kier molecular flexibility index (Phi) is 3.73. The van der Waals surface area contributed by atoms with Crippen molar-refractivity contribution in [1.29, 1.82) is 0 Å².